The number of oxazole rings is 1. The molecule has 0 spiro atoms. The molecule has 17 heavy (non-hydrogen) atoms. The first-order valence-corrected chi connectivity index (χ1v) is 5.47. The smallest absolute Gasteiger partial charge is 0.417 e. The van der Waals surface area contributed by atoms with E-state index in [-0.39, 0.29) is 5.76 Å². The van der Waals surface area contributed by atoms with E-state index in [0.29, 0.717) is 5.69 Å². The molecule has 1 aromatic heterocycles. The average Bonchev–Trinajstić information content (AvgIpc) is 2.43. The van der Waals surface area contributed by atoms with Crippen molar-refractivity contribution in [2.75, 3.05) is 0 Å². The number of esters is 1. The van der Waals surface area contributed by atoms with Gasteiger partial charge in [-0.2, -0.15) is 0 Å². The Hall–Kier alpha value is -1.52. The van der Waals surface area contributed by atoms with Crippen LogP contribution in [0.2, 0.25) is 0 Å². The van der Waals surface area contributed by atoms with E-state index in [1.807, 2.05) is 20.8 Å². The van der Waals surface area contributed by atoms with E-state index in [4.69, 9.17) is 9.15 Å². The highest BCUT2D eigenvalue weighted by atomic mass is 16.6. The van der Waals surface area contributed by atoms with Gasteiger partial charge in [-0.05, 0) is 20.8 Å². The molecular weight excluding hydrogens is 222 g/mol. The normalized spacial score (nSPS) is 12.6. The molecule has 0 aromatic carbocycles. The Labute approximate surface area is 100 Å². The van der Waals surface area contributed by atoms with Gasteiger partial charge in [0, 0.05) is 5.41 Å². The second kappa shape index (κ2) is 4.05. The monoisotopic (exact) mass is 241 g/mol. The summed E-state index contributed by atoms with van der Waals surface area (Å²) in [6.07, 6.45) is 0. The van der Waals surface area contributed by atoms with E-state index in [2.05, 4.69) is 4.98 Å². The van der Waals surface area contributed by atoms with Gasteiger partial charge in [0.2, 0.25) is 5.76 Å². The number of carbonyl (C=O) groups is 1. The number of H-pyrrole nitrogens is 1. The lowest BCUT2D eigenvalue weighted by atomic mass is 9.91. The highest BCUT2D eigenvalue weighted by molar-refractivity contribution is 5.88. The molecule has 0 amide bonds. The first kappa shape index (κ1) is 13.5. The van der Waals surface area contributed by atoms with Crippen molar-refractivity contribution in [2.45, 2.75) is 52.6 Å². The van der Waals surface area contributed by atoms with Crippen molar-refractivity contribution >= 4 is 5.97 Å². The summed E-state index contributed by atoms with van der Waals surface area (Å²) >= 11 is 0. The van der Waals surface area contributed by atoms with E-state index in [1.54, 1.807) is 20.8 Å². The molecule has 5 nitrogen and oxygen atoms in total. The molecule has 96 valence electrons. The van der Waals surface area contributed by atoms with E-state index < -0.39 is 22.7 Å². The van der Waals surface area contributed by atoms with Gasteiger partial charge in [-0.1, -0.05) is 20.8 Å². The fourth-order valence-corrected chi connectivity index (χ4v) is 1.32. The molecule has 0 bridgehead atoms. The van der Waals surface area contributed by atoms with Crippen molar-refractivity contribution < 1.29 is 13.9 Å². The molecule has 0 fully saturated rings. The van der Waals surface area contributed by atoms with Crippen molar-refractivity contribution in [3.05, 3.63) is 22.0 Å². The number of ether oxygens (including phenoxy) is 1. The van der Waals surface area contributed by atoms with Crippen LogP contribution in [-0.4, -0.2) is 16.6 Å². The quantitative estimate of drug-likeness (QED) is 0.765. The van der Waals surface area contributed by atoms with Crippen LogP contribution < -0.4 is 5.76 Å². The summed E-state index contributed by atoms with van der Waals surface area (Å²) in [4.78, 5) is 25.6. The number of carbonyl (C=O) groups excluding carboxylic acids is 1. The van der Waals surface area contributed by atoms with Crippen LogP contribution in [0.5, 0.6) is 0 Å². The average molecular weight is 241 g/mol. The second-order valence-electron chi connectivity index (χ2n) is 5.97. The molecule has 5 heteroatoms. The Balaban J connectivity index is 3.15. The van der Waals surface area contributed by atoms with Crippen LogP contribution in [0, 0.1) is 0 Å². The molecule has 0 unspecified atom stereocenters. The van der Waals surface area contributed by atoms with Gasteiger partial charge in [-0.3, -0.25) is 4.98 Å². The first-order chi connectivity index (χ1) is 7.50. The van der Waals surface area contributed by atoms with Gasteiger partial charge < -0.3 is 9.15 Å². The number of aromatic amines is 1. The minimum absolute atomic E-state index is 0.0441. The Morgan fingerprint density at radius 1 is 1.18 bits per heavy atom. The maximum absolute atomic E-state index is 11.9. The van der Waals surface area contributed by atoms with E-state index in [9.17, 15) is 9.59 Å². The minimum atomic E-state index is -0.643. The molecule has 0 radical (unpaired) electrons. The zero-order chi connectivity index (χ0) is 13.4. The summed E-state index contributed by atoms with van der Waals surface area (Å²) in [6.45, 7) is 10.9. The summed E-state index contributed by atoms with van der Waals surface area (Å²) < 4.78 is 10.0. The van der Waals surface area contributed by atoms with Crippen molar-refractivity contribution in [3.63, 3.8) is 0 Å². The van der Waals surface area contributed by atoms with Gasteiger partial charge in [-0.15, -0.1) is 0 Å². The highest BCUT2D eigenvalue weighted by Crippen LogP contribution is 2.24. The number of hydrogen-bond acceptors (Lipinski definition) is 4. The van der Waals surface area contributed by atoms with Crippen LogP contribution in [-0.2, 0) is 10.2 Å². The number of aromatic nitrogens is 1. The molecule has 0 aliphatic heterocycles. The van der Waals surface area contributed by atoms with Crippen LogP contribution >= 0.6 is 0 Å². The van der Waals surface area contributed by atoms with Gasteiger partial charge in [0.25, 0.3) is 0 Å². The lowest BCUT2D eigenvalue weighted by molar-refractivity contribution is 0.00309. The maximum Gasteiger partial charge on any atom is 0.417 e. The summed E-state index contributed by atoms with van der Waals surface area (Å²) in [5.74, 6) is -1.31. The van der Waals surface area contributed by atoms with Gasteiger partial charge >= 0.3 is 11.7 Å². The zero-order valence-electron chi connectivity index (χ0n) is 11.1. The fraction of sp³-hybridized carbons (Fsp3) is 0.667. The van der Waals surface area contributed by atoms with Crippen molar-refractivity contribution in [1.29, 1.82) is 0 Å². The Kier molecular flexibility index (Phi) is 3.23. The predicted octanol–water partition coefficient (Wildman–Crippen LogP) is 2.22. The molecule has 0 aliphatic carbocycles. The van der Waals surface area contributed by atoms with Crippen molar-refractivity contribution in [1.82, 2.24) is 4.98 Å². The van der Waals surface area contributed by atoms with Crippen LogP contribution in [0.4, 0.5) is 0 Å². The molecule has 1 aromatic rings. The third kappa shape index (κ3) is 3.47. The van der Waals surface area contributed by atoms with Crippen LogP contribution in [0.25, 0.3) is 0 Å². The van der Waals surface area contributed by atoms with Crippen molar-refractivity contribution in [2.24, 2.45) is 0 Å². The Bertz CT molecular complexity index is 468. The Morgan fingerprint density at radius 3 is 2.12 bits per heavy atom. The molecule has 1 rings (SSSR count). The van der Waals surface area contributed by atoms with Gasteiger partial charge in [0.05, 0.1) is 5.69 Å². The molecule has 0 aliphatic rings. The van der Waals surface area contributed by atoms with Gasteiger partial charge in [0.1, 0.15) is 5.60 Å². The third-order valence-corrected chi connectivity index (χ3v) is 1.98. The minimum Gasteiger partial charge on any atom is -0.454 e. The second-order valence-corrected chi connectivity index (χ2v) is 5.97. The van der Waals surface area contributed by atoms with Gasteiger partial charge in [-0.25, -0.2) is 9.59 Å². The molecule has 1 heterocycles. The number of nitrogens with one attached hydrogen (secondary N) is 1. The van der Waals surface area contributed by atoms with E-state index in [0.717, 1.165) is 0 Å². The lowest BCUT2D eigenvalue weighted by Gasteiger charge is -2.21. The van der Waals surface area contributed by atoms with E-state index >= 15 is 0 Å². The van der Waals surface area contributed by atoms with Crippen molar-refractivity contribution in [3.8, 4) is 0 Å². The molecule has 0 saturated heterocycles. The third-order valence-electron chi connectivity index (χ3n) is 1.98. The van der Waals surface area contributed by atoms with Crippen LogP contribution in [0.3, 0.4) is 0 Å². The number of hydrogen-bond donors (Lipinski definition) is 1. The summed E-state index contributed by atoms with van der Waals surface area (Å²) in [5.41, 5.74) is -0.558. The molecule has 1 N–H and O–H groups in total. The standard InChI is InChI=1S/C12H19NO4/c1-11(2,3)8-7(16-10(15)13-8)9(14)17-12(4,5)6/h1-6H3,(H,13,15). The summed E-state index contributed by atoms with van der Waals surface area (Å²) in [7, 11) is 0. The molecule has 0 saturated carbocycles. The SMILES string of the molecule is CC(C)(C)OC(=O)c1oc(=O)[nH]c1C(C)(C)C. The Morgan fingerprint density at radius 2 is 1.71 bits per heavy atom. The summed E-state index contributed by atoms with van der Waals surface area (Å²) in [5, 5.41) is 0. The topological polar surface area (TPSA) is 72.3 Å². The van der Waals surface area contributed by atoms with Gasteiger partial charge in [0.15, 0.2) is 0 Å². The molecular formula is C12H19NO4. The highest BCUT2D eigenvalue weighted by Gasteiger charge is 2.30. The van der Waals surface area contributed by atoms with E-state index in [1.165, 1.54) is 0 Å². The summed E-state index contributed by atoms with van der Waals surface area (Å²) in [6, 6.07) is 0. The maximum atomic E-state index is 11.9. The largest absolute Gasteiger partial charge is 0.454 e. The first-order valence-electron chi connectivity index (χ1n) is 5.47. The number of rotatable bonds is 1. The van der Waals surface area contributed by atoms with Crippen LogP contribution in [0.15, 0.2) is 9.21 Å². The predicted molar refractivity (Wildman–Crippen MR) is 63.2 cm³/mol. The zero-order valence-corrected chi connectivity index (χ0v) is 11.1. The lowest BCUT2D eigenvalue weighted by Crippen LogP contribution is -2.26. The van der Waals surface area contributed by atoms with Crippen LogP contribution in [0.1, 0.15) is 57.8 Å². The fourth-order valence-electron chi connectivity index (χ4n) is 1.32. The molecule has 0 atom stereocenters.